The van der Waals surface area contributed by atoms with Crippen LogP contribution in [0.3, 0.4) is 0 Å². The van der Waals surface area contributed by atoms with Gasteiger partial charge in [-0.25, -0.2) is 0 Å². The molecule has 0 radical (unpaired) electrons. The van der Waals surface area contributed by atoms with E-state index in [9.17, 15) is 0 Å². The van der Waals surface area contributed by atoms with Crippen molar-refractivity contribution in [3.63, 3.8) is 0 Å². The van der Waals surface area contributed by atoms with Crippen molar-refractivity contribution in [2.45, 2.75) is 52.0 Å². The van der Waals surface area contributed by atoms with Crippen LogP contribution in [0.1, 0.15) is 33.6 Å². The summed E-state index contributed by atoms with van der Waals surface area (Å²) in [6.45, 7) is 5.98. The van der Waals surface area contributed by atoms with Crippen LogP contribution in [0.25, 0.3) is 0 Å². The van der Waals surface area contributed by atoms with E-state index in [0.717, 1.165) is 6.42 Å². The van der Waals surface area contributed by atoms with E-state index >= 15 is 0 Å². The zero-order chi connectivity index (χ0) is 9.56. The van der Waals surface area contributed by atoms with Gasteiger partial charge in [0.1, 0.15) is 0 Å². The largest absolute Gasteiger partial charge is 0.368 e. The molecule has 1 heterocycles. The highest BCUT2D eigenvalue weighted by Crippen LogP contribution is 2.16. The molecule has 1 rings (SSSR count). The quantitative estimate of drug-likeness (QED) is 0.627. The maximum absolute atomic E-state index is 9.12. The topological polar surface area (TPSA) is 41.5 Å². The predicted molar refractivity (Wildman–Crippen MR) is 50.0 cm³/mol. The SMILES string of the molecule is CC.CNC1CC(C)OC(O)C1. The zero-order valence-corrected chi connectivity index (χ0v) is 8.50. The lowest BCUT2D eigenvalue weighted by atomic mass is 10.0. The second-order valence-electron chi connectivity index (χ2n) is 2.86. The summed E-state index contributed by atoms with van der Waals surface area (Å²) in [5.74, 6) is 0. The highest BCUT2D eigenvalue weighted by molar-refractivity contribution is 4.74. The summed E-state index contributed by atoms with van der Waals surface area (Å²) in [5.41, 5.74) is 0. The molecule has 0 amide bonds. The molecule has 1 saturated heterocycles. The minimum atomic E-state index is -0.568. The average Bonchev–Trinajstić information content (AvgIpc) is 2.06. The van der Waals surface area contributed by atoms with Gasteiger partial charge < -0.3 is 15.2 Å². The van der Waals surface area contributed by atoms with Gasteiger partial charge in [0.2, 0.25) is 0 Å². The first-order chi connectivity index (χ1) is 5.72. The molecule has 0 aliphatic carbocycles. The summed E-state index contributed by atoms with van der Waals surface area (Å²) in [5, 5.41) is 12.2. The Labute approximate surface area is 75.1 Å². The standard InChI is InChI=1S/C7H15NO2.C2H6/c1-5-3-6(8-2)4-7(9)10-5;1-2/h5-9H,3-4H2,1-2H3;1-2H3. The Balaban J connectivity index is 0.000000561. The number of hydrogen-bond acceptors (Lipinski definition) is 3. The molecule has 3 nitrogen and oxygen atoms in total. The third-order valence-corrected chi connectivity index (χ3v) is 1.90. The van der Waals surface area contributed by atoms with E-state index in [1.165, 1.54) is 0 Å². The number of aliphatic hydroxyl groups excluding tert-OH is 1. The first kappa shape index (κ1) is 11.9. The maximum Gasteiger partial charge on any atom is 0.156 e. The Morgan fingerprint density at radius 1 is 1.33 bits per heavy atom. The lowest BCUT2D eigenvalue weighted by Gasteiger charge is -2.30. The number of hydrogen-bond donors (Lipinski definition) is 2. The molecule has 1 aliphatic rings. The van der Waals surface area contributed by atoms with Crippen LogP contribution in [0.5, 0.6) is 0 Å². The average molecular weight is 175 g/mol. The van der Waals surface area contributed by atoms with Gasteiger partial charge >= 0.3 is 0 Å². The van der Waals surface area contributed by atoms with E-state index in [1.807, 2.05) is 27.8 Å². The summed E-state index contributed by atoms with van der Waals surface area (Å²) in [7, 11) is 1.91. The van der Waals surface area contributed by atoms with Crippen LogP contribution in [-0.2, 0) is 4.74 Å². The third-order valence-electron chi connectivity index (χ3n) is 1.90. The van der Waals surface area contributed by atoms with Crippen molar-refractivity contribution >= 4 is 0 Å². The van der Waals surface area contributed by atoms with E-state index < -0.39 is 6.29 Å². The fraction of sp³-hybridized carbons (Fsp3) is 1.00. The van der Waals surface area contributed by atoms with Crippen molar-refractivity contribution in [1.82, 2.24) is 5.32 Å². The van der Waals surface area contributed by atoms with E-state index in [4.69, 9.17) is 9.84 Å². The number of nitrogens with one attached hydrogen (secondary N) is 1. The molecule has 3 unspecified atom stereocenters. The van der Waals surface area contributed by atoms with Crippen LogP contribution in [-0.4, -0.2) is 30.6 Å². The molecular weight excluding hydrogens is 154 g/mol. The highest BCUT2D eigenvalue weighted by Gasteiger charge is 2.23. The van der Waals surface area contributed by atoms with E-state index in [0.29, 0.717) is 12.5 Å². The Kier molecular flexibility index (Phi) is 6.34. The molecule has 2 N–H and O–H groups in total. The van der Waals surface area contributed by atoms with Crippen molar-refractivity contribution in [3.8, 4) is 0 Å². The smallest absolute Gasteiger partial charge is 0.156 e. The Morgan fingerprint density at radius 2 is 1.92 bits per heavy atom. The summed E-state index contributed by atoms with van der Waals surface area (Å²) >= 11 is 0. The van der Waals surface area contributed by atoms with Crippen LogP contribution in [0.15, 0.2) is 0 Å². The van der Waals surface area contributed by atoms with Gasteiger partial charge in [-0.3, -0.25) is 0 Å². The van der Waals surface area contributed by atoms with Crippen molar-refractivity contribution < 1.29 is 9.84 Å². The minimum Gasteiger partial charge on any atom is -0.368 e. The monoisotopic (exact) mass is 175 g/mol. The summed E-state index contributed by atoms with van der Waals surface area (Å²) in [6, 6.07) is 0.416. The molecule has 0 aromatic carbocycles. The molecule has 0 saturated carbocycles. The molecular formula is C9H21NO2. The molecule has 74 valence electrons. The van der Waals surface area contributed by atoms with Gasteiger partial charge in [-0.15, -0.1) is 0 Å². The van der Waals surface area contributed by atoms with Crippen molar-refractivity contribution in [2.24, 2.45) is 0 Å². The predicted octanol–water partition coefficient (Wildman–Crippen LogP) is 1.12. The van der Waals surface area contributed by atoms with Crippen LogP contribution >= 0.6 is 0 Å². The second-order valence-corrected chi connectivity index (χ2v) is 2.86. The fourth-order valence-electron chi connectivity index (χ4n) is 1.36. The van der Waals surface area contributed by atoms with E-state index in [2.05, 4.69) is 5.32 Å². The van der Waals surface area contributed by atoms with E-state index in [-0.39, 0.29) is 6.10 Å². The first-order valence-corrected chi connectivity index (χ1v) is 4.73. The lowest BCUT2D eigenvalue weighted by molar-refractivity contribution is -0.163. The van der Waals surface area contributed by atoms with Gasteiger partial charge in [0.25, 0.3) is 0 Å². The molecule has 1 fully saturated rings. The molecule has 0 aromatic heterocycles. The van der Waals surface area contributed by atoms with E-state index in [1.54, 1.807) is 0 Å². The normalized spacial score (nSPS) is 35.2. The summed E-state index contributed by atoms with van der Waals surface area (Å²) in [6.07, 6.45) is 1.32. The second kappa shape index (κ2) is 6.40. The Hall–Kier alpha value is -0.120. The first-order valence-electron chi connectivity index (χ1n) is 4.73. The minimum absolute atomic E-state index is 0.182. The molecule has 0 aromatic rings. The molecule has 1 aliphatic heterocycles. The summed E-state index contributed by atoms with van der Waals surface area (Å²) < 4.78 is 5.13. The van der Waals surface area contributed by atoms with Crippen LogP contribution in [0.2, 0.25) is 0 Å². The molecule has 0 bridgehead atoms. The van der Waals surface area contributed by atoms with Crippen molar-refractivity contribution in [2.75, 3.05) is 7.05 Å². The zero-order valence-electron chi connectivity index (χ0n) is 8.50. The summed E-state index contributed by atoms with van der Waals surface area (Å²) in [4.78, 5) is 0. The van der Waals surface area contributed by atoms with Gasteiger partial charge in [-0.1, -0.05) is 13.8 Å². The lowest BCUT2D eigenvalue weighted by Crippen LogP contribution is -2.40. The van der Waals surface area contributed by atoms with Crippen LogP contribution in [0.4, 0.5) is 0 Å². The maximum atomic E-state index is 9.12. The van der Waals surface area contributed by atoms with Gasteiger partial charge in [-0.2, -0.15) is 0 Å². The van der Waals surface area contributed by atoms with Gasteiger partial charge in [0, 0.05) is 12.5 Å². The number of ether oxygens (including phenoxy) is 1. The van der Waals surface area contributed by atoms with Crippen molar-refractivity contribution in [3.05, 3.63) is 0 Å². The Bertz CT molecular complexity index is 98.7. The van der Waals surface area contributed by atoms with Crippen molar-refractivity contribution in [1.29, 1.82) is 0 Å². The van der Waals surface area contributed by atoms with Crippen LogP contribution in [0, 0.1) is 0 Å². The highest BCUT2D eigenvalue weighted by atomic mass is 16.6. The molecule has 3 heteroatoms. The molecule has 3 atom stereocenters. The Morgan fingerprint density at radius 3 is 2.33 bits per heavy atom. The van der Waals surface area contributed by atoms with Crippen LogP contribution < -0.4 is 5.32 Å². The molecule has 12 heavy (non-hydrogen) atoms. The third kappa shape index (κ3) is 4.04. The van der Waals surface area contributed by atoms with Gasteiger partial charge in [0.15, 0.2) is 6.29 Å². The van der Waals surface area contributed by atoms with Gasteiger partial charge in [0.05, 0.1) is 6.10 Å². The molecule has 0 spiro atoms. The van der Waals surface area contributed by atoms with Gasteiger partial charge in [-0.05, 0) is 20.4 Å². The number of rotatable bonds is 1. The number of aliphatic hydroxyl groups is 1. The fourth-order valence-corrected chi connectivity index (χ4v) is 1.36.